The Morgan fingerprint density at radius 2 is 1.84 bits per heavy atom. The van der Waals surface area contributed by atoms with E-state index in [0.29, 0.717) is 23.2 Å². The van der Waals surface area contributed by atoms with E-state index in [1.807, 2.05) is 0 Å². The van der Waals surface area contributed by atoms with Crippen LogP contribution in [0.5, 0.6) is 0 Å². The first-order valence-corrected chi connectivity index (χ1v) is 13.6. The van der Waals surface area contributed by atoms with Gasteiger partial charge in [0.25, 0.3) is 0 Å². The van der Waals surface area contributed by atoms with Gasteiger partial charge < -0.3 is 9.84 Å². The van der Waals surface area contributed by atoms with Gasteiger partial charge in [-0.1, -0.05) is 59.5 Å². The highest BCUT2D eigenvalue weighted by Gasteiger charge is 2.61. The molecule has 0 aliphatic heterocycles. The highest BCUT2D eigenvalue weighted by Crippen LogP contribution is 2.67. The lowest BCUT2D eigenvalue weighted by molar-refractivity contribution is -0.158. The fourth-order valence-electron chi connectivity index (χ4n) is 8.93. The number of fused-ring (bicyclic) bond motifs is 5. The van der Waals surface area contributed by atoms with Crippen molar-refractivity contribution in [2.75, 3.05) is 0 Å². The molecule has 0 radical (unpaired) electrons. The van der Waals surface area contributed by atoms with Gasteiger partial charge in [-0.2, -0.15) is 0 Å². The Morgan fingerprint density at radius 1 is 1.09 bits per heavy atom. The standard InChI is InChI=1S/C29H48O3/c1-18(2)8-7-9-19(3)23-10-11-24-27-25(13-15-29(23,24)6)28(5)14-12-22(31)16-21(28)17-26(27)32-20(4)30/h17-19,22-27,31H,7-16H2,1-6H3/t19?,22?,23?,24?,25?,26?,27?,28-,29?/m0/s1. The fraction of sp³-hybridized carbons (Fsp3) is 0.897. The quantitative estimate of drug-likeness (QED) is 0.357. The molecule has 0 spiro atoms. The van der Waals surface area contributed by atoms with Crippen LogP contribution in [-0.2, 0) is 9.53 Å². The Balaban J connectivity index is 1.60. The second-order valence-corrected chi connectivity index (χ2v) is 12.9. The summed E-state index contributed by atoms with van der Waals surface area (Å²) < 4.78 is 6.03. The molecule has 182 valence electrons. The molecule has 9 atom stereocenters. The zero-order valence-electron chi connectivity index (χ0n) is 21.5. The molecule has 0 aromatic heterocycles. The number of rotatable bonds is 6. The van der Waals surface area contributed by atoms with Gasteiger partial charge in [-0.3, -0.25) is 4.79 Å². The topological polar surface area (TPSA) is 46.5 Å². The number of aliphatic hydroxyl groups is 1. The van der Waals surface area contributed by atoms with Crippen molar-refractivity contribution in [2.45, 2.75) is 118 Å². The maximum Gasteiger partial charge on any atom is 0.303 e. The van der Waals surface area contributed by atoms with E-state index in [0.717, 1.165) is 37.0 Å². The molecule has 3 saturated carbocycles. The van der Waals surface area contributed by atoms with E-state index < -0.39 is 0 Å². The van der Waals surface area contributed by atoms with Crippen molar-refractivity contribution in [2.24, 2.45) is 46.3 Å². The van der Waals surface area contributed by atoms with E-state index in [2.05, 4.69) is 40.7 Å². The summed E-state index contributed by atoms with van der Waals surface area (Å²) >= 11 is 0. The van der Waals surface area contributed by atoms with E-state index in [-0.39, 0.29) is 23.6 Å². The summed E-state index contributed by atoms with van der Waals surface area (Å²) in [6, 6.07) is 0. The molecule has 8 unspecified atom stereocenters. The lowest BCUT2D eigenvalue weighted by Gasteiger charge is -2.59. The van der Waals surface area contributed by atoms with Gasteiger partial charge in [0.15, 0.2) is 0 Å². The van der Waals surface area contributed by atoms with Crippen LogP contribution >= 0.6 is 0 Å². The first kappa shape index (κ1) is 24.3. The average Bonchev–Trinajstić information content (AvgIpc) is 3.05. The second-order valence-electron chi connectivity index (χ2n) is 12.9. The first-order valence-electron chi connectivity index (χ1n) is 13.6. The lowest BCUT2D eigenvalue weighted by atomic mass is 9.46. The summed E-state index contributed by atoms with van der Waals surface area (Å²) in [5.74, 6) is 3.88. The van der Waals surface area contributed by atoms with Crippen molar-refractivity contribution < 1.29 is 14.6 Å². The van der Waals surface area contributed by atoms with Gasteiger partial charge in [0.05, 0.1) is 6.10 Å². The van der Waals surface area contributed by atoms with Crippen molar-refractivity contribution in [1.29, 1.82) is 0 Å². The number of ether oxygens (including phenoxy) is 1. The van der Waals surface area contributed by atoms with E-state index in [4.69, 9.17) is 4.74 Å². The number of hydrogen-bond donors (Lipinski definition) is 1. The monoisotopic (exact) mass is 444 g/mol. The minimum absolute atomic E-state index is 0.106. The van der Waals surface area contributed by atoms with Gasteiger partial charge in [-0.15, -0.1) is 0 Å². The van der Waals surface area contributed by atoms with Gasteiger partial charge in [0.1, 0.15) is 6.10 Å². The second kappa shape index (κ2) is 9.08. The maximum atomic E-state index is 12.1. The van der Waals surface area contributed by atoms with Crippen molar-refractivity contribution >= 4 is 5.97 Å². The van der Waals surface area contributed by atoms with Crippen LogP contribution in [0, 0.1) is 46.3 Å². The molecule has 0 bridgehead atoms. The van der Waals surface area contributed by atoms with E-state index >= 15 is 0 Å². The average molecular weight is 445 g/mol. The Hall–Kier alpha value is -0.830. The smallest absolute Gasteiger partial charge is 0.303 e. The zero-order valence-corrected chi connectivity index (χ0v) is 21.5. The highest BCUT2D eigenvalue weighted by molar-refractivity contribution is 5.66. The summed E-state index contributed by atoms with van der Waals surface area (Å²) in [5, 5.41) is 10.4. The summed E-state index contributed by atoms with van der Waals surface area (Å²) in [4.78, 5) is 12.1. The largest absolute Gasteiger partial charge is 0.458 e. The van der Waals surface area contributed by atoms with Crippen LogP contribution in [0.25, 0.3) is 0 Å². The van der Waals surface area contributed by atoms with Crippen molar-refractivity contribution in [3.05, 3.63) is 11.6 Å². The predicted octanol–water partition coefficient (Wildman–Crippen LogP) is 6.93. The lowest BCUT2D eigenvalue weighted by Crippen LogP contribution is -2.55. The third kappa shape index (κ3) is 4.21. The van der Waals surface area contributed by atoms with Crippen molar-refractivity contribution in [3.63, 3.8) is 0 Å². The number of carbonyl (C=O) groups excluding carboxylic acids is 1. The highest BCUT2D eigenvalue weighted by atomic mass is 16.5. The molecule has 3 nitrogen and oxygen atoms in total. The third-order valence-electron chi connectivity index (χ3n) is 10.6. The molecule has 3 heteroatoms. The van der Waals surface area contributed by atoms with Crippen LogP contribution in [-0.4, -0.2) is 23.3 Å². The van der Waals surface area contributed by atoms with E-state index in [1.165, 1.54) is 50.5 Å². The number of esters is 1. The molecule has 32 heavy (non-hydrogen) atoms. The summed E-state index contributed by atoms with van der Waals surface area (Å²) in [6.07, 6.45) is 13.9. The molecule has 0 saturated heterocycles. The summed E-state index contributed by atoms with van der Waals surface area (Å²) in [5.41, 5.74) is 1.90. The van der Waals surface area contributed by atoms with Gasteiger partial charge in [0.2, 0.25) is 0 Å². The van der Waals surface area contributed by atoms with Crippen molar-refractivity contribution in [3.8, 4) is 0 Å². The number of carbonyl (C=O) groups is 1. The van der Waals surface area contributed by atoms with Gasteiger partial charge >= 0.3 is 5.97 Å². The molecule has 1 N–H and O–H groups in total. The van der Waals surface area contributed by atoms with Crippen LogP contribution in [0.2, 0.25) is 0 Å². The van der Waals surface area contributed by atoms with Crippen LogP contribution < -0.4 is 0 Å². The molecule has 0 aromatic carbocycles. The van der Waals surface area contributed by atoms with Gasteiger partial charge in [-0.25, -0.2) is 0 Å². The van der Waals surface area contributed by atoms with Crippen LogP contribution in [0.4, 0.5) is 0 Å². The Bertz CT molecular complexity index is 726. The number of aliphatic hydroxyl groups excluding tert-OH is 1. The normalized spacial score (nSPS) is 44.3. The third-order valence-corrected chi connectivity index (χ3v) is 10.6. The summed E-state index contributed by atoms with van der Waals surface area (Å²) in [6.45, 7) is 13.8. The minimum Gasteiger partial charge on any atom is -0.458 e. The fourth-order valence-corrected chi connectivity index (χ4v) is 8.93. The van der Waals surface area contributed by atoms with Crippen molar-refractivity contribution in [1.82, 2.24) is 0 Å². The molecule has 4 rings (SSSR count). The van der Waals surface area contributed by atoms with Crippen LogP contribution in [0.15, 0.2) is 11.6 Å². The Kier molecular flexibility index (Phi) is 6.90. The zero-order chi connectivity index (χ0) is 23.3. The van der Waals surface area contributed by atoms with Gasteiger partial charge in [0, 0.05) is 12.8 Å². The van der Waals surface area contributed by atoms with Crippen LogP contribution in [0.3, 0.4) is 0 Å². The molecular formula is C29H48O3. The molecule has 0 amide bonds. The minimum atomic E-state index is -0.236. The Labute approximate surface area is 196 Å². The molecule has 4 aliphatic rings. The molecule has 4 aliphatic carbocycles. The Morgan fingerprint density at radius 3 is 2.53 bits per heavy atom. The summed E-state index contributed by atoms with van der Waals surface area (Å²) in [7, 11) is 0. The molecule has 0 aromatic rings. The predicted molar refractivity (Wildman–Crippen MR) is 130 cm³/mol. The van der Waals surface area contributed by atoms with E-state index in [9.17, 15) is 9.90 Å². The maximum absolute atomic E-state index is 12.1. The first-order chi connectivity index (χ1) is 15.1. The number of hydrogen-bond acceptors (Lipinski definition) is 3. The van der Waals surface area contributed by atoms with Gasteiger partial charge in [-0.05, 0) is 91.4 Å². The van der Waals surface area contributed by atoms with E-state index in [1.54, 1.807) is 6.92 Å². The molecule has 3 fully saturated rings. The van der Waals surface area contributed by atoms with Crippen LogP contribution in [0.1, 0.15) is 106 Å². The molecular weight excluding hydrogens is 396 g/mol. The molecule has 0 heterocycles. The SMILES string of the molecule is CC(=O)OC1C=C2CC(O)CC[C@]2(C)C2CCC3(C)C(C(C)CCCC(C)C)CCC3C12.